The Labute approximate surface area is 73.8 Å². The molecule has 0 aromatic carbocycles. The summed E-state index contributed by atoms with van der Waals surface area (Å²) >= 11 is 0. The van der Waals surface area contributed by atoms with Gasteiger partial charge in [0.15, 0.2) is 0 Å². The van der Waals surface area contributed by atoms with Crippen LogP contribution in [0.15, 0.2) is 0 Å². The molecule has 0 aliphatic heterocycles. The van der Waals surface area contributed by atoms with Crippen molar-refractivity contribution in [3.63, 3.8) is 0 Å². The SMILES string of the molecule is C[Si-](C)C.N=[N+]=N.[Na+]. The second-order valence-corrected chi connectivity index (χ2v) is 4.61. The Bertz CT molecular complexity index is 56.8. The standard InChI is InChI=1S/C3H9Si.H2N3.Na/c1-4(2)3;1-3-2;/h1-3H3;1-2H;/q-1;2*+1. The van der Waals surface area contributed by atoms with Gasteiger partial charge in [-0.2, -0.15) is 19.6 Å². The van der Waals surface area contributed by atoms with Crippen molar-refractivity contribution in [2.24, 2.45) is 0 Å². The number of rotatable bonds is 0. The van der Waals surface area contributed by atoms with Crippen molar-refractivity contribution in [3.05, 3.63) is 0 Å². The van der Waals surface area contributed by atoms with Crippen molar-refractivity contribution < 1.29 is 29.6 Å². The summed E-state index contributed by atoms with van der Waals surface area (Å²) in [5, 5.41) is 0. The molecule has 42 valence electrons. The third-order valence-corrected chi connectivity index (χ3v) is 0. The van der Waals surface area contributed by atoms with Crippen LogP contribution in [-0.2, 0) is 0 Å². The van der Waals surface area contributed by atoms with Crippen LogP contribution in [0.3, 0.4) is 0 Å². The molecule has 2 N–H and O–H groups in total. The van der Waals surface area contributed by atoms with Crippen molar-refractivity contribution in [1.29, 1.82) is 11.1 Å². The zero-order valence-corrected chi connectivity index (χ0v) is 8.95. The van der Waals surface area contributed by atoms with E-state index in [1.165, 1.54) is 0 Å². The fraction of sp³-hybridized carbons (Fsp3) is 1.00. The molecule has 0 heterocycles. The molecule has 0 fully saturated rings. The molecule has 8 heavy (non-hydrogen) atoms. The summed E-state index contributed by atoms with van der Waals surface area (Å²) in [6.45, 7) is 6.81. The minimum Gasteiger partial charge on any atom is -0.271 e. The molecule has 0 rings (SSSR count). The maximum absolute atomic E-state index is 5.50. The molecule has 0 amide bonds. The van der Waals surface area contributed by atoms with E-state index in [9.17, 15) is 0 Å². The van der Waals surface area contributed by atoms with E-state index in [1.807, 2.05) is 4.91 Å². The van der Waals surface area contributed by atoms with Crippen LogP contribution in [0.25, 0.3) is 0 Å². The average Bonchev–Trinajstić information content (AvgIpc) is 1.33. The molecular weight excluding hydrogens is 129 g/mol. The van der Waals surface area contributed by atoms with Gasteiger partial charge in [-0.3, -0.25) is 8.80 Å². The first-order valence-corrected chi connectivity index (χ1v) is 4.95. The van der Waals surface area contributed by atoms with Crippen LogP contribution in [0.5, 0.6) is 0 Å². The minimum atomic E-state index is 0. The van der Waals surface area contributed by atoms with Crippen LogP contribution >= 0.6 is 0 Å². The Morgan fingerprint density at radius 1 is 1.12 bits per heavy atom. The largest absolute Gasteiger partial charge is 1.00 e. The summed E-state index contributed by atoms with van der Waals surface area (Å²) in [6.07, 6.45) is 0. The molecule has 0 aromatic rings. The topological polar surface area (TPSA) is 61.8 Å². The van der Waals surface area contributed by atoms with Crippen LogP contribution in [0.2, 0.25) is 19.6 Å². The van der Waals surface area contributed by atoms with Crippen LogP contribution < -0.4 is 34.5 Å². The molecule has 0 saturated heterocycles. The van der Waals surface area contributed by atoms with Crippen LogP contribution in [0.1, 0.15) is 0 Å². The maximum atomic E-state index is 5.50. The van der Waals surface area contributed by atoms with Gasteiger partial charge in [-0.15, -0.1) is 0 Å². The molecule has 0 atom stereocenters. The summed E-state index contributed by atoms with van der Waals surface area (Å²) in [7, 11) is 0.120. The molecule has 0 unspecified atom stereocenters. The van der Waals surface area contributed by atoms with Gasteiger partial charge in [0.2, 0.25) is 4.91 Å². The van der Waals surface area contributed by atoms with E-state index in [0.717, 1.165) is 0 Å². The molecule has 0 saturated carbocycles. The number of hydrogen-bond donors (Lipinski definition) is 2. The van der Waals surface area contributed by atoms with Gasteiger partial charge in [0.05, 0.1) is 0 Å². The first-order valence-electron chi connectivity index (χ1n) is 1.95. The first kappa shape index (κ1) is 15.8. The second-order valence-electron chi connectivity index (χ2n) is 1.61. The zero-order valence-electron chi connectivity index (χ0n) is 5.95. The summed E-state index contributed by atoms with van der Waals surface area (Å²) in [5.41, 5.74) is 11.0. The van der Waals surface area contributed by atoms with E-state index in [-0.39, 0.29) is 38.4 Å². The summed E-state index contributed by atoms with van der Waals surface area (Å²) in [5.74, 6) is 0. The van der Waals surface area contributed by atoms with Crippen molar-refractivity contribution in [3.8, 4) is 0 Å². The summed E-state index contributed by atoms with van der Waals surface area (Å²) < 4.78 is 0. The van der Waals surface area contributed by atoms with Crippen molar-refractivity contribution in [1.82, 2.24) is 4.91 Å². The predicted molar refractivity (Wildman–Crippen MR) is 30.9 cm³/mol. The molecule has 5 heteroatoms. The Balaban J connectivity index is -0.0000000575. The summed E-state index contributed by atoms with van der Waals surface area (Å²) in [4.78, 5) is 2.00. The van der Waals surface area contributed by atoms with Gasteiger partial charge in [0, 0.05) is 0 Å². The summed E-state index contributed by atoms with van der Waals surface area (Å²) in [6, 6.07) is 0. The molecule has 0 spiro atoms. The van der Waals surface area contributed by atoms with Crippen molar-refractivity contribution >= 4 is 8.80 Å². The fourth-order valence-corrected chi connectivity index (χ4v) is 0. The zero-order chi connectivity index (χ0) is 6.28. The second kappa shape index (κ2) is 15.6. The Kier molecular flexibility index (Phi) is 30.9. The molecular formula is C3H11N3NaSi+. The van der Waals surface area contributed by atoms with Gasteiger partial charge >= 0.3 is 29.6 Å². The number of nitrogens with one attached hydrogen (secondary N) is 2. The normalized spacial score (nSPS) is 5.50. The van der Waals surface area contributed by atoms with Gasteiger partial charge in [-0.1, -0.05) is 0 Å². The van der Waals surface area contributed by atoms with Gasteiger partial charge in [0.1, 0.15) is 11.1 Å². The van der Waals surface area contributed by atoms with Gasteiger partial charge in [0.25, 0.3) is 0 Å². The van der Waals surface area contributed by atoms with E-state index in [2.05, 4.69) is 19.6 Å². The molecule has 3 nitrogen and oxygen atoms in total. The quantitative estimate of drug-likeness (QED) is 0.233. The van der Waals surface area contributed by atoms with E-state index in [1.54, 1.807) is 0 Å². The number of nitrogens with zero attached hydrogens (tertiary/aromatic N) is 1. The molecule has 0 radical (unpaired) electrons. The van der Waals surface area contributed by atoms with Crippen LogP contribution in [0, 0.1) is 11.1 Å². The van der Waals surface area contributed by atoms with E-state index in [4.69, 9.17) is 11.1 Å². The Morgan fingerprint density at radius 3 is 1.12 bits per heavy atom. The monoisotopic (exact) mass is 140 g/mol. The average molecular weight is 140 g/mol. The molecule has 0 aromatic heterocycles. The van der Waals surface area contributed by atoms with Crippen molar-refractivity contribution in [2.75, 3.05) is 0 Å². The van der Waals surface area contributed by atoms with E-state index < -0.39 is 0 Å². The van der Waals surface area contributed by atoms with Gasteiger partial charge in [-0.25, -0.2) is 0 Å². The fourth-order valence-electron chi connectivity index (χ4n) is 0. The maximum Gasteiger partial charge on any atom is 1.00 e. The van der Waals surface area contributed by atoms with Gasteiger partial charge in [-0.05, 0) is 0 Å². The van der Waals surface area contributed by atoms with Gasteiger partial charge < -0.3 is 0 Å². The third-order valence-electron chi connectivity index (χ3n) is 0. The minimum absolute atomic E-state index is 0. The Morgan fingerprint density at radius 2 is 1.12 bits per heavy atom. The van der Waals surface area contributed by atoms with Crippen molar-refractivity contribution in [2.45, 2.75) is 19.6 Å². The number of hydrogen-bond acceptors (Lipinski definition) is 2. The Hall–Kier alpha value is 0.527. The predicted octanol–water partition coefficient (Wildman–Crippen LogP) is -1.51. The molecule has 0 aliphatic rings. The first-order chi connectivity index (χ1) is 3.15. The smallest absolute Gasteiger partial charge is 0.271 e. The van der Waals surface area contributed by atoms with Crippen LogP contribution in [0.4, 0.5) is 0 Å². The van der Waals surface area contributed by atoms with E-state index in [0.29, 0.717) is 0 Å². The third kappa shape index (κ3) is 718. The van der Waals surface area contributed by atoms with Crippen LogP contribution in [-0.4, -0.2) is 8.80 Å². The van der Waals surface area contributed by atoms with E-state index >= 15 is 0 Å². The molecule has 0 aliphatic carbocycles. The molecule has 0 bridgehead atoms.